The third-order valence-corrected chi connectivity index (χ3v) is 3.58. The number of hydrogen-bond donors (Lipinski definition) is 1. The van der Waals surface area contributed by atoms with Gasteiger partial charge in [-0.25, -0.2) is 5.43 Å². The van der Waals surface area contributed by atoms with Crippen molar-refractivity contribution in [3.8, 4) is 11.5 Å². The van der Waals surface area contributed by atoms with Crippen LogP contribution < -0.4 is 14.9 Å². The molecule has 0 atom stereocenters. The molecule has 0 fully saturated rings. The molecule has 2 aromatic carbocycles. The lowest BCUT2D eigenvalue weighted by atomic mass is 10.2. The third-order valence-electron chi connectivity index (χ3n) is 2.91. The molecule has 0 radical (unpaired) electrons. The van der Waals surface area contributed by atoms with Gasteiger partial charge in [0.15, 0.2) is 11.5 Å². The maximum absolute atomic E-state index is 12.0. The number of nitrogens with one attached hydrogen (secondary N) is 1. The van der Waals surface area contributed by atoms with Crippen LogP contribution in [0.1, 0.15) is 22.8 Å². The molecule has 0 aliphatic rings. The highest BCUT2D eigenvalue weighted by atomic mass is 127. The quantitative estimate of drug-likeness (QED) is 0.256. The average Bonchev–Trinajstić information content (AvgIpc) is 2.55. The first-order valence-corrected chi connectivity index (χ1v) is 8.03. The van der Waals surface area contributed by atoms with Gasteiger partial charge in [-0.05, 0) is 64.6 Å². The van der Waals surface area contributed by atoms with E-state index < -0.39 is 5.97 Å². The Morgan fingerprint density at radius 1 is 1.17 bits per heavy atom. The Hall–Kier alpha value is -2.42. The van der Waals surface area contributed by atoms with Crippen molar-refractivity contribution in [2.75, 3.05) is 7.11 Å². The lowest BCUT2D eigenvalue weighted by molar-refractivity contribution is -0.132. The number of carbonyl (C=O) groups excluding carboxylic acids is 2. The monoisotopic (exact) mass is 438 g/mol. The minimum absolute atomic E-state index is 0.298. The fourth-order valence-electron chi connectivity index (χ4n) is 1.86. The normalized spacial score (nSPS) is 10.5. The number of ether oxygens (including phenoxy) is 2. The van der Waals surface area contributed by atoms with Crippen molar-refractivity contribution in [3.63, 3.8) is 0 Å². The van der Waals surface area contributed by atoms with Gasteiger partial charge in [0.2, 0.25) is 0 Å². The molecule has 6 nitrogen and oxygen atoms in total. The first-order chi connectivity index (χ1) is 11.5. The predicted molar refractivity (Wildman–Crippen MR) is 98.5 cm³/mol. The number of methoxy groups -OCH3 is 1. The second-order valence-corrected chi connectivity index (χ2v) is 5.96. The minimum Gasteiger partial charge on any atom is -0.493 e. The van der Waals surface area contributed by atoms with Gasteiger partial charge in [-0.1, -0.05) is 6.07 Å². The number of halogens is 1. The molecule has 0 heterocycles. The molecule has 0 aliphatic carbocycles. The van der Waals surface area contributed by atoms with Crippen molar-refractivity contribution in [1.82, 2.24) is 5.43 Å². The van der Waals surface area contributed by atoms with Crippen molar-refractivity contribution < 1.29 is 19.1 Å². The van der Waals surface area contributed by atoms with Gasteiger partial charge in [-0.15, -0.1) is 0 Å². The third kappa shape index (κ3) is 5.05. The Morgan fingerprint density at radius 2 is 1.96 bits per heavy atom. The fourth-order valence-corrected chi connectivity index (χ4v) is 2.41. The van der Waals surface area contributed by atoms with Crippen LogP contribution in [0.5, 0.6) is 11.5 Å². The van der Waals surface area contributed by atoms with Crippen molar-refractivity contribution in [2.45, 2.75) is 6.92 Å². The van der Waals surface area contributed by atoms with Crippen molar-refractivity contribution in [1.29, 1.82) is 0 Å². The zero-order chi connectivity index (χ0) is 17.5. The molecule has 0 unspecified atom stereocenters. The van der Waals surface area contributed by atoms with Crippen molar-refractivity contribution >= 4 is 40.7 Å². The molecule has 0 bridgehead atoms. The summed E-state index contributed by atoms with van der Waals surface area (Å²) in [5.41, 5.74) is 3.68. The van der Waals surface area contributed by atoms with Crippen LogP contribution in [-0.4, -0.2) is 25.2 Å². The Morgan fingerprint density at radius 3 is 2.62 bits per heavy atom. The van der Waals surface area contributed by atoms with Crippen LogP contribution in [0.15, 0.2) is 47.6 Å². The molecular formula is C17H15IN2O4. The van der Waals surface area contributed by atoms with E-state index >= 15 is 0 Å². The molecular weight excluding hydrogens is 423 g/mol. The van der Waals surface area contributed by atoms with Crippen LogP contribution >= 0.6 is 22.6 Å². The van der Waals surface area contributed by atoms with Gasteiger partial charge < -0.3 is 9.47 Å². The summed E-state index contributed by atoms with van der Waals surface area (Å²) in [6, 6.07) is 12.1. The fraction of sp³-hybridized carbons (Fsp3) is 0.118. The Bertz CT molecular complexity index is 790. The molecule has 2 aromatic rings. The van der Waals surface area contributed by atoms with Crippen LogP contribution in [0.25, 0.3) is 0 Å². The van der Waals surface area contributed by atoms with Gasteiger partial charge in [-0.3, -0.25) is 9.59 Å². The van der Waals surface area contributed by atoms with Gasteiger partial charge in [-0.2, -0.15) is 5.10 Å². The van der Waals surface area contributed by atoms with Crippen LogP contribution in [0.4, 0.5) is 0 Å². The van der Waals surface area contributed by atoms with E-state index in [4.69, 9.17) is 9.47 Å². The zero-order valence-corrected chi connectivity index (χ0v) is 15.2. The standard InChI is InChI=1S/C17H15IN2O4/c1-11(21)24-15-7-6-12(8-16(15)23-2)10-19-20-17(22)13-4-3-5-14(18)9-13/h3-10H,1-2H3,(H,20,22). The first kappa shape index (κ1) is 17.9. The van der Waals surface area contributed by atoms with Crippen LogP contribution in [0.3, 0.4) is 0 Å². The number of rotatable bonds is 5. The van der Waals surface area contributed by atoms with E-state index in [0.29, 0.717) is 22.6 Å². The highest BCUT2D eigenvalue weighted by Crippen LogP contribution is 2.27. The van der Waals surface area contributed by atoms with E-state index in [0.717, 1.165) is 3.57 Å². The number of hydrogen-bond acceptors (Lipinski definition) is 5. The summed E-state index contributed by atoms with van der Waals surface area (Å²) >= 11 is 2.14. The maximum Gasteiger partial charge on any atom is 0.308 e. The second kappa shape index (κ2) is 8.44. The molecule has 1 amide bonds. The van der Waals surface area contributed by atoms with Gasteiger partial charge in [0.1, 0.15) is 0 Å². The number of esters is 1. The number of nitrogens with zero attached hydrogens (tertiary/aromatic N) is 1. The zero-order valence-electron chi connectivity index (χ0n) is 13.1. The molecule has 124 valence electrons. The first-order valence-electron chi connectivity index (χ1n) is 6.95. The highest BCUT2D eigenvalue weighted by Gasteiger charge is 2.08. The average molecular weight is 438 g/mol. The smallest absolute Gasteiger partial charge is 0.308 e. The molecule has 0 saturated carbocycles. The van der Waals surface area contributed by atoms with Crippen LogP contribution in [-0.2, 0) is 4.79 Å². The summed E-state index contributed by atoms with van der Waals surface area (Å²) in [6.45, 7) is 1.31. The summed E-state index contributed by atoms with van der Waals surface area (Å²) in [6.07, 6.45) is 1.48. The largest absolute Gasteiger partial charge is 0.493 e. The predicted octanol–water partition coefficient (Wildman–Crippen LogP) is 2.99. The summed E-state index contributed by atoms with van der Waals surface area (Å²) in [7, 11) is 1.47. The van der Waals surface area contributed by atoms with Gasteiger partial charge in [0.05, 0.1) is 13.3 Å². The van der Waals surface area contributed by atoms with Gasteiger partial charge in [0.25, 0.3) is 5.91 Å². The minimum atomic E-state index is -0.431. The summed E-state index contributed by atoms with van der Waals surface area (Å²) in [5, 5.41) is 3.92. The van der Waals surface area contributed by atoms with E-state index in [1.54, 1.807) is 36.4 Å². The highest BCUT2D eigenvalue weighted by molar-refractivity contribution is 14.1. The number of benzene rings is 2. The van der Waals surface area contributed by atoms with Crippen LogP contribution in [0.2, 0.25) is 0 Å². The lowest BCUT2D eigenvalue weighted by Gasteiger charge is -2.08. The summed E-state index contributed by atoms with van der Waals surface area (Å²) in [5.74, 6) is -0.00382. The molecule has 2 rings (SSSR count). The van der Waals surface area contributed by atoms with E-state index in [9.17, 15) is 9.59 Å². The molecule has 0 spiro atoms. The number of hydrazone groups is 1. The van der Waals surface area contributed by atoms with Gasteiger partial charge in [0, 0.05) is 16.1 Å². The van der Waals surface area contributed by atoms with Crippen LogP contribution in [0, 0.1) is 3.57 Å². The summed E-state index contributed by atoms with van der Waals surface area (Å²) in [4.78, 5) is 23.0. The summed E-state index contributed by atoms with van der Waals surface area (Å²) < 4.78 is 11.2. The van der Waals surface area contributed by atoms with Crippen molar-refractivity contribution in [2.24, 2.45) is 5.10 Å². The number of amides is 1. The molecule has 0 saturated heterocycles. The lowest BCUT2D eigenvalue weighted by Crippen LogP contribution is -2.17. The molecule has 0 aromatic heterocycles. The van der Waals surface area contributed by atoms with Gasteiger partial charge >= 0.3 is 5.97 Å². The second-order valence-electron chi connectivity index (χ2n) is 4.71. The van der Waals surface area contributed by atoms with E-state index in [2.05, 4.69) is 33.1 Å². The molecule has 1 N–H and O–H groups in total. The Balaban J connectivity index is 2.06. The van der Waals surface area contributed by atoms with E-state index in [1.165, 1.54) is 20.2 Å². The SMILES string of the molecule is COc1cc(C=NNC(=O)c2cccc(I)c2)ccc1OC(C)=O. The van der Waals surface area contributed by atoms with E-state index in [-0.39, 0.29) is 5.91 Å². The maximum atomic E-state index is 12.0. The van der Waals surface area contributed by atoms with Crippen molar-refractivity contribution in [3.05, 3.63) is 57.2 Å². The topological polar surface area (TPSA) is 77.0 Å². The molecule has 24 heavy (non-hydrogen) atoms. The number of carbonyl (C=O) groups is 2. The Labute approximate surface area is 153 Å². The molecule has 0 aliphatic heterocycles. The molecule has 7 heteroatoms. The van der Waals surface area contributed by atoms with E-state index in [1.807, 2.05) is 6.07 Å². The Kier molecular flexibility index (Phi) is 6.30.